The van der Waals surface area contributed by atoms with E-state index in [4.69, 9.17) is 9.97 Å². The summed E-state index contributed by atoms with van der Waals surface area (Å²) in [7, 11) is 2.16. The molecule has 0 unspecified atom stereocenters. The van der Waals surface area contributed by atoms with Gasteiger partial charge in [-0.2, -0.15) is 0 Å². The van der Waals surface area contributed by atoms with Crippen LogP contribution in [0.5, 0.6) is 0 Å². The zero-order chi connectivity index (χ0) is 16.4. The smallest absolute Gasteiger partial charge is 0.131 e. The van der Waals surface area contributed by atoms with E-state index in [0.29, 0.717) is 5.92 Å². The summed E-state index contributed by atoms with van der Waals surface area (Å²) in [5.74, 6) is 1.59. The molecule has 0 amide bonds. The maximum Gasteiger partial charge on any atom is 0.131 e. The third-order valence-electron chi connectivity index (χ3n) is 5.25. The lowest BCUT2D eigenvalue weighted by molar-refractivity contribution is 0.201. The Morgan fingerprint density at radius 1 is 1.12 bits per heavy atom. The van der Waals surface area contributed by atoms with Crippen molar-refractivity contribution in [2.45, 2.75) is 38.3 Å². The number of aromatic nitrogens is 3. The van der Waals surface area contributed by atoms with Crippen LogP contribution in [0, 0.1) is 0 Å². The molecule has 0 aromatic carbocycles. The molecule has 0 bridgehead atoms. The maximum atomic E-state index is 4.92. The molecule has 0 atom stereocenters. The second-order valence-electron chi connectivity index (χ2n) is 7.09. The van der Waals surface area contributed by atoms with Gasteiger partial charge in [0, 0.05) is 61.8 Å². The van der Waals surface area contributed by atoms with E-state index in [-0.39, 0.29) is 0 Å². The van der Waals surface area contributed by atoms with Gasteiger partial charge in [0.05, 0.1) is 0 Å². The van der Waals surface area contributed by atoms with Gasteiger partial charge in [-0.25, -0.2) is 9.97 Å². The van der Waals surface area contributed by atoms with Gasteiger partial charge in [0.15, 0.2) is 0 Å². The molecule has 2 aliphatic heterocycles. The van der Waals surface area contributed by atoms with Crippen molar-refractivity contribution >= 4 is 0 Å². The number of hydrogen-bond donors (Lipinski definition) is 0. The van der Waals surface area contributed by atoms with Crippen LogP contribution in [0.2, 0.25) is 0 Å². The molecule has 2 aliphatic rings. The summed E-state index contributed by atoms with van der Waals surface area (Å²) in [6.45, 7) is 5.35. The van der Waals surface area contributed by atoms with Crippen LogP contribution in [0.3, 0.4) is 0 Å². The van der Waals surface area contributed by atoms with Crippen LogP contribution < -0.4 is 0 Å². The zero-order valence-electron chi connectivity index (χ0n) is 14.4. The van der Waals surface area contributed by atoms with Crippen molar-refractivity contribution in [3.63, 3.8) is 0 Å². The molecular formula is C19H25N5. The number of likely N-dealkylation sites (N-methyl/N-ethyl adjacent to an activating group) is 1. The normalized spacial score (nSPS) is 20.0. The van der Waals surface area contributed by atoms with Crippen molar-refractivity contribution in [1.29, 1.82) is 0 Å². The summed E-state index contributed by atoms with van der Waals surface area (Å²) in [4.78, 5) is 18.6. The number of rotatable bonds is 3. The first-order chi connectivity index (χ1) is 11.8. The van der Waals surface area contributed by atoms with Crippen LogP contribution in [0.1, 0.15) is 41.4 Å². The highest BCUT2D eigenvalue weighted by atomic mass is 15.1. The number of fused-ring (bicyclic) bond motifs is 1. The summed E-state index contributed by atoms with van der Waals surface area (Å²) < 4.78 is 0. The van der Waals surface area contributed by atoms with Crippen LogP contribution in [0.15, 0.2) is 30.7 Å². The quantitative estimate of drug-likeness (QED) is 0.867. The van der Waals surface area contributed by atoms with Gasteiger partial charge in [-0.15, -0.1) is 0 Å². The first-order valence-electron chi connectivity index (χ1n) is 8.92. The van der Waals surface area contributed by atoms with Crippen molar-refractivity contribution in [3.8, 4) is 0 Å². The molecular weight excluding hydrogens is 298 g/mol. The van der Waals surface area contributed by atoms with E-state index in [2.05, 4.69) is 40.2 Å². The van der Waals surface area contributed by atoms with Gasteiger partial charge >= 0.3 is 0 Å². The lowest BCUT2D eigenvalue weighted by atomic mass is 9.95. The highest BCUT2D eigenvalue weighted by molar-refractivity contribution is 5.21. The van der Waals surface area contributed by atoms with E-state index in [9.17, 15) is 0 Å². The lowest BCUT2D eigenvalue weighted by Crippen LogP contribution is -2.33. The molecule has 0 spiro atoms. The predicted octanol–water partition coefficient (Wildman–Crippen LogP) is 2.24. The van der Waals surface area contributed by atoms with Gasteiger partial charge in [0.25, 0.3) is 0 Å². The van der Waals surface area contributed by atoms with Crippen molar-refractivity contribution < 1.29 is 0 Å². The average molecular weight is 323 g/mol. The number of piperidine rings is 1. The third kappa shape index (κ3) is 3.47. The van der Waals surface area contributed by atoms with Crippen LogP contribution >= 0.6 is 0 Å². The molecule has 0 N–H and O–H groups in total. The molecule has 126 valence electrons. The number of hydrogen-bond acceptors (Lipinski definition) is 5. The van der Waals surface area contributed by atoms with Crippen LogP contribution in [0.4, 0.5) is 0 Å². The molecule has 1 saturated heterocycles. The first-order valence-corrected chi connectivity index (χ1v) is 8.92. The number of nitrogens with zero attached hydrogens (tertiary/aromatic N) is 5. The van der Waals surface area contributed by atoms with Gasteiger partial charge in [-0.05, 0) is 50.7 Å². The molecule has 1 fully saturated rings. The zero-order valence-corrected chi connectivity index (χ0v) is 14.4. The average Bonchev–Trinajstić information content (AvgIpc) is 2.63. The van der Waals surface area contributed by atoms with E-state index in [1.807, 2.05) is 12.4 Å². The van der Waals surface area contributed by atoms with Crippen LogP contribution in [-0.2, 0) is 19.5 Å². The summed E-state index contributed by atoms with van der Waals surface area (Å²) in [6.07, 6.45) is 9.19. The molecule has 0 radical (unpaired) electrons. The minimum Gasteiger partial charge on any atom is -0.302 e. The SMILES string of the molecule is CN1CCc2nc(C3CCN(Cc4ccncc4)CC3)ncc2C1. The van der Waals surface area contributed by atoms with E-state index in [1.54, 1.807) is 0 Å². The fourth-order valence-electron chi connectivity index (χ4n) is 3.77. The Kier molecular flexibility index (Phi) is 4.54. The van der Waals surface area contributed by atoms with Crippen molar-refractivity contribution in [2.75, 3.05) is 26.7 Å². The second kappa shape index (κ2) is 6.95. The summed E-state index contributed by atoms with van der Waals surface area (Å²) in [5.41, 5.74) is 3.93. The standard InChI is InChI=1S/C19H25N5/c1-23-9-6-18-17(14-23)12-21-19(22-18)16-4-10-24(11-5-16)13-15-2-7-20-8-3-15/h2-3,7-8,12,16H,4-6,9-11,13-14H2,1H3. The molecule has 4 heterocycles. The van der Waals surface area contributed by atoms with Gasteiger partial charge in [-0.1, -0.05) is 0 Å². The molecule has 2 aromatic rings. The lowest BCUT2D eigenvalue weighted by Gasteiger charge is -2.32. The van der Waals surface area contributed by atoms with Gasteiger partial charge < -0.3 is 4.90 Å². The Morgan fingerprint density at radius 2 is 1.92 bits per heavy atom. The fourth-order valence-corrected chi connectivity index (χ4v) is 3.77. The molecule has 2 aromatic heterocycles. The van der Waals surface area contributed by atoms with Gasteiger partial charge in [0.1, 0.15) is 5.82 Å². The summed E-state index contributed by atoms with van der Waals surface area (Å²) in [6, 6.07) is 4.21. The highest BCUT2D eigenvalue weighted by Gasteiger charge is 2.24. The van der Waals surface area contributed by atoms with Crippen molar-refractivity contribution in [2.24, 2.45) is 0 Å². The summed E-state index contributed by atoms with van der Waals surface area (Å²) in [5, 5.41) is 0. The Labute approximate surface area is 143 Å². The third-order valence-corrected chi connectivity index (χ3v) is 5.25. The van der Waals surface area contributed by atoms with E-state index in [1.165, 1.54) is 16.8 Å². The molecule has 24 heavy (non-hydrogen) atoms. The Hall–Kier alpha value is -1.85. The van der Waals surface area contributed by atoms with Gasteiger partial charge in [0.2, 0.25) is 0 Å². The highest BCUT2D eigenvalue weighted by Crippen LogP contribution is 2.27. The molecule has 5 heteroatoms. The fraction of sp³-hybridized carbons (Fsp3) is 0.526. The Balaban J connectivity index is 1.37. The van der Waals surface area contributed by atoms with Crippen LogP contribution in [-0.4, -0.2) is 51.4 Å². The molecule has 0 saturated carbocycles. The van der Waals surface area contributed by atoms with Crippen LogP contribution in [0.25, 0.3) is 0 Å². The number of likely N-dealkylation sites (tertiary alicyclic amines) is 1. The maximum absolute atomic E-state index is 4.92. The summed E-state index contributed by atoms with van der Waals surface area (Å²) >= 11 is 0. The number of pyridine rings is 1. The van der Waals surface area contributed by atoms with Crippen molar-refractivity contribution in [3.05, 3.63) is 53.4 Å². The molecule has 5 nitrogen and oxygen atoms in total. The Morgan fingerprint density at radius 3 is 2.71 bits per heavy atom. The van der Waals surface area contributed by atoms with Crippen molar-refractivity contribution in [1.82, 2.24) is 24.8 Å². The predicted molar refractivity (Wildman–Crippen MR) is 93.6 cm³/mol. The topological polar surface area (TPSA) is 45.2 Å². The van der Waals surface area contributed by atoms with E-state index < -0.39 is 0 Å². The minimum atomic E-state index is 0.517. The second-order valence-corrected chi connectivity index (χ2v) is 7.09. The van der Waals surface area contributed by atoms with E-state index >= 15 is 0 Å². The first kappa shape index (κ1) is 15.7. The monoisotopic (exact) mass is 323 g/mol. The Bertz CT molecular complexity index is 679. The van der Waals surface area contributed by atoms with E-state index in [0.717, 1.165) is 57.8 Å². The van der Waals surface area contributed by atoms with Gasteiger partial charge in [-0.3, -0.25) is 9.88 Å². The largest absolute Gasteiger partial charge is 0.302 e. The molecule has 4 rings (SSSR count). The minimum absolute atomic E-state index is 0.517. The molecule has 0 aliphatic carbocycles.